The predicted octanol–water partition coefficient (Wildman–Crippen LogP) is 4.36. The molecule has 0 saturated carbocycles. The van der Waals surface area contributed by atoms with Crippen molar-refractivity contribution in [1.29, 1.82) is 0 Å². The summed E-state index contributed by atoms with van der Waals surface area (Å²) in [7, 11) is 1.67. The van der Waals surface area contributed by atoms with E-state index in [1.54, 1.807) is 11.9 Å². The quantitative estimate of drug-likeness (QED) is 0.525. The number of nitrogens with zero attached hydrogens (tertiary/aromatic N) is 2. The molecule has 2 N–H and O–H groups in total. The molecule has 0 aromatic heterocycles. The van der Waals surface area contributed by atoms with Gasteiger partial charge in [0.15, 0.2) is 0 Å². The van der Waals surface area contributed by atoms with Gasteiger partial charge in [-0.15, -0.1) is 0 Å². The molecule has 38 heavy (non-hydrogen) atoms. The number of carbonyl (C=O) groups is 3. The van der Waals surface area contributed by atoms with Crippen LogP contribution in [-0.2, 0) is 20.8 Å². The van der Waals surface area contributed by atoms with Gasteiger partial charge in [-0.3, -0.25) is 19.3 Å². The summed E-state index contributed by atoms with van der Waals surface area (Å²) in [5.74, 6) is -4.05. The number of imide groups is 1. The topological polar surface area (TPSA) is 83.7 Å². The second kappa shape index (κ2) is 11.6. The summed E-state index contributed by atoms with van der Waals surface area (Å²) in [6, 6.07) is 19.1. The van der Waals surface area contributed by atoms with Crippen LogP contribution in [0.3, 0.4) is 0 Å². The number of halogens is 2. The molecule has 0 aliphatic carbocycles. The van der Waals surface area contributed by atoms with Crippen molar-refractivity contribution in [2.75, 3.05) is 7.05 Å². The van der Waals surface area contributed by atoms with Gasteiger partial charge in [0, 0.05) is 19.0 Å². The minimum absolute atomic E-state index is 0.0582. The zero-order chi connectivity index (χ0) is 27.4. The first-order valence-electron chi connectivity index (χ1n) is 12.6. The van der Waals surface area contributed by atoms with Crippen molar-refractivity contribution >= 4 is 17.7 Å². The fourth-order valence-corrected chi connectivity index (χ4v) is 5.24. The van der Waals surface area contributed by atoms with Crippen LogP contribution in [0.5, 0.6) is 0 Å². The molecule has 1 fully saturated rings. The molecule has 0 radical (unpaired) electrons. The van der Waals surface area contributed by atoms with Crippen LogP contribution in [0.2, 0.25) is 0 Å². The summed E-state index contributed by atoms with van der Waals surface area (Å²) in [6.07, 6.45) is 0.644. The molecule has 0 spiro atoms. The molecule has 3 amide bonds. The van der Waals surface area contributed by atoms with Crippen molar-refractivity contribution in [2.45, 2.75) is 50.2 Å². The van der Waals surface area contributed by atoms with Crippen LogP contribution < -0.4 is 5.73 Å². The molecule has 1 saturated heterocycles. The summed E-state index contributed by atoms with van der Waals surface area (Å²) >= 11 is 0. The van der Waals surface area contributed by atoms with Crippen molar-refractivity contribution in [3.05, 3.63) is 107 Å². The fraction of sp³-hybridized carbons (Fsp3) is 0.300. The van der Waals surface area contributed by atoms with E-state index in [4.69, 9.17) is 5.73 Å². The summed E-state index contributed by atoms with van der Waals surface area (Å²) in [5, 5.41) is 0. The van der Waals surface area contributed by atoms with Crippen molar-refractivity contribution in [2.24, 2.45) is 5.73 Å². The number of amides is 3. The van der Waals surface area contributed by atoms with Crippen molar-refractivity contribution < 1.29 is 23.2 Å². The van der Waals surface area contributed by atoms with E-state index in [9.17, 15) is 23.2 Å². The molecule has 8 heteroatoms. The molecule has 198 valence electrons. The molecular formula is C30H31F2N3O3. The average molecular weight is 520 g/mol. The van der Waals surface area contributed by atoms with Crippen LogP contribution in [0.15, 0.2) is 78.9 Å². The summed E-state index contributed by atoms with van der Waals surface area (Å²) in [5.41, 5.74) is 7.77. The van der Waals surface area contributed by atoms with Crippen LogP contribution in [0.25, 0.3) is 0 Å². The van der Waals surface area contributed by atoms with E-state index < -0.39 is 53.8 Å². The van der Waals surface area contributed by atoms with Gasteiger partial charge in [-0.2, -0.15) is 0 Å². The number of rotatable bonds is 6. The summed E-state index contributed by atoms with van der Waals surface area (Å²) < 4.78 is 27.7. The molecule has 0 unspecified atom stereocenters. The lowest BCUT2D eigenvalue weighted by Gasteiger charge is -2.36. The first kappa shape index (κ1) is 27.1. The third-order valence-electron chi connectivity index (χ3n) is 7.06. The number of likely N-dealkylation sites (N-methyl/N-ethyl adjacent to an activating group) is 1. The molecule has 1 heterocycles. The number of benzene rings is 3. The highest BCUT2D eigenvalue weighted by atomic mass is 19.1. The highest BCUT2D eigenvalue weighted by Gasteiger charge is 2.46. The number of likely N-dealkylation sites (tertiary alicyclic amines) is 1. The van der Waals surface area contributed by atoms with Crippen LogP contribution >= 0.6 is 0 Å². The average Bonchev–Trinajstić information content (AvgIpc) is 3.01. The normalized spacial score (nSPS) is 20.5. The monoisotopic (exact) mass is 519 g/mol. The molecule has 1 aliphatic rings. The molecule has 1 aliphatic heterocycles. The Labute approximate surface area is 221 Å². The molecule has 3 aromatic carbocycles. The minimum atomic E-state index is -1.18. The zero-order valence-corrected chi connectivity index (χ0v) is 21.4. The van der Waals surface area contributed by atoms with Gasteiger partial charge >= 0.3 is 0 Å². The maximum atomic E-state index is 14.2. The molecule has 4 rings (SSSR count). The van der Waals surface area contributed by atoms with Crippen molar-refractivity contribution in [3.8, 4) is 0 Å². The molecular weight excluding hydrogens is 488 g/mol. The Bertz CT molecular complexity index is 1280. The zero-order valence-electron chi connectivity index (χ0n) is 21.4. The van der Waals surface area contributed by atoms with Gasteiger partial charge in [-0.05, 0) is 48.6 Å². The predicted molar refractivity (Wildman–Crippen MR) is 140 cm³/mol. The molecule has 0 bridgehead atoms. The Balaban J connectivity index is 1.80. The van der Waals surface area contributed by atoms with E-state index >= 15 is 0 Å². The SMILES string of the molecule is C[C@H](N)C(=O)N(C(=O)Cc1cc(F)cc(F)c1)[C@@H]1C(=O)N(C)[C@H](c2ccccc2)CC[C@@H]1c1ccccc1. The van der Waals surface area contributed by atoms with Gasteiger partial charge in [-0.25, -0.2) is 8.78 Å². The first-order chi connectivity index (χ1) is 18.2. The van der Waals surface area contributed by atoms with Gasteiger partial charge < -0.3 is 10.6 Å². The first-order valence-corrected chi connectivity index (χ1v) is 12.6. The molecule has 4 atom stereocenters. The third kappa shape index (κ3) is 5.81. The second-order valence-electron chi connectivity index (χ2n) is 9.76. The Morgan fingerprint density at radius 2 is 1.50 bits per heavy atom. The second-order valence-corrected chi connectivity index (χ2v) is 9.76. The van der Waals surface area contributed by atoms with Gasteiger partial charge in [0.05, 0.1) is 18.5 Å². The minimum Gasteiger partial charge on any atom is -0.337 e. The standard InChI is InChI=1S/C30H31F2N3O3/c1-19(33)29(37)35(27(36)17-20-15-23(31)18-24(32)16-20)28-25(21-9-5-3-6-10-21)13-14-26(34(2)30(28)38)22-11-7-4-8-12-22/h3-12,15-16,18-19,25-26,28H,13-14,17,33H2,1-2H3/t19-,25+,26-,28-/m0/s1. The van der Waals surface area contributed by atoms with E-state index in [1.165, 1.54) is 6.92 Å². The smallest absolute Gasteiger partial charge is 0.246 e. The van der Waals surface area contributed by atoms with E-state index in [1.807, 2.05) is 60.7 Å². The Morgan fingerprint density at radius 3 is 2.05 bits per heavy atom. The van der Waals surface area contributed by atoms with Gasteiger partial charge in [-0.1, -0.05) is 60.7 Å². The van der Waals surface area contributed by atoms with E-state index in [-0.39, 0.29) is 11.6 Å². The number of nitrogens with two attached hydrogens (primary N) is 1. The number of hydrogen-bond donors (Lipinski definition) is 1. The van der Waals surface area contributed by atoms with Gasteiger partial charge in [0.2, 0.25) is 17.7 Å². The van der Waals surface area contributed by atoms with E-state index in [2.05, 4.69) is 0 Å². The maximum Gasteiger partial charge on any atom is 0.246 e. The van der Waals surface area contributed by atoms with Crippen LogP contribution in [0, 0.1) is 11.6 Å². The van der Waals surface area contributed by atoms with Crippen LogP contribution in [-0.4, -0.2) is 46.7 Å². The van der Waals surface area contributed by atoms with Crippen molar-refractivity contribution in [1.82, 2.24) is 9.80 Å². The van der Waals surface area contributed by atoms with E-state index in [0.29, 0.717) is 18.9 Å². The van der Waals surface area contributed by atoms with Gasteiger partial charge in [0.1, 0.15) is 17.7 Å². The van der Waals surface area contributed by atoms with Crippen LogP contribution in [0.4, 0.5) is 8.78 Å². The fourth-order valence-electron chi connectivity index (χ4n) is 5.24. The maximum absolute atomic E-state index is 14.2. The Kier molecular flexibility index (Phi) is 8.32. The lowest BCUT2D eigenvalue weighted by atomic mass is 9.85. The highest BCUT2D eigenvalue weighted by molar-refractivity contribution is 6.03. The lowest BCUT2D eigenvalue weighted by Crippen LogP contribution is -2.58. The molecule has 6 nitrogen and oxygen atoms in total. The van der Waals surface area contributed by atoms with Gasteiger partial charge in [0.25, 0.3) is 0 Å². The molecule has 3 aromatic rings. The Hall–Kier alpha value is -3.91. The summed E-state index contributed by atoms with van der Waals surface area (Å²) in [4.78, 5) is 43.8. The van der Waals surface area contributed by atoms with Crippen molar-refractivity contribution in [3.63, 3.8) is 0 Å². The Morgan fingerprint density at radius 1 is 0.947 bits per heavy atom. The third-order valence-corrected chi connectivity index (χ3v) is 7.06. The highest BCUT2D eigenvalue weighted by Crippen LogP contribution is 2.39. The largest absolute Gasteiger partial charge is 0.337 e. The summed E-state index contributed by atoms with van der Waals surface area (Å²) in [6.45, 7) is 1.44. The van der Waals surface area contributed by atoms with E-state index in [0.717, 1.165) is 28.2 Å². The van der Waals surface area contributed by atoms with Crippen LogP contribution in [0.1, 0.15) is 48.4 Å². The number of carbonyl (C=O) groups excluding carboxylic acids is 3. The lowest BCUT2D eigenvalue weighted by molar-refractivity contribution is -0.156. The number of hydrogen-bond acceptors (Lipinski definition) is 4.